The molecule has 16 heavy (non-hydrogen) atoms. The molecule has 1 unspecified atom stereocenters. The topological polar surface area (TPSA) is 33.4 Å². The summed E-state index contributed by atoms with van der Waals surface area (Å²) in [5.74, 6) is 0.520. The fourth-order valence-electron chi connectivity index (χ4n) is 1.66. The molecule has 2 rings (SSSR count). The predicted molar refractivity (Wildman–Crippen MR) is 66.1 cm³/mol. The number of halogens is 2. The number of aliphatic hydroxyl groups is 1. The van der Waals surface area contributed by atoms with Gasteiger partial charge in [0.2, 0.25) is 0 Å². The van der Waals surface area contributed by atoms with E-state index >= 15 is 0 Å². The molecule has 0 bridgehead atoms. The van der Waals surface area contributed by atoms with Gasteiger partial charge in [-0.25, -0.2) is 0 Å². The summed E-state index contributed by atoms with van der Waals surface area (Å²) in [5, 5.41) is 11.7. The molecule has 0 radical (unpaired) electrons. The third kappa shape index (κ3) is 2.05. The Hall–Kier alpha value is -0.700. The lowest BCUT2D eigenvalue weighted by Crippen LogP contribution is -1.93. The molecular weight excluding hydrogens is 247 g/mol. The summed E-state index contributed by atoms with van der Waals surface area (Å²) in [6.07, 6.45) is 0.957. The second-order valence-corrected chi connectivity index (χ2v) is 4.54. The van der Waals surface area contributed by atoms with Gasteiger partial charge in [-0.15, -0.1) is 0 Å². The molecule has 1 aromatic heterocycles. The first-order chi connectivity index (χ1) is 7.63. The van der Waals surface area contributed by atoms with Crippen molar-refractivity contribution >= 4 is 34.2 Å². The molecule has 4 heteroatoms. The van der Waals surface area contributed by atoms with Crippen molar-refractivity contribution in [1.29, 1.82) is 0 Å². The van der Waals surface area contributed by atoms with E-state index in [4.69, 9.17) is 27.6 Å². The number of hydrogen-bond donors (Lipinski definition) is 1. The van der Waals surface area contributed by atoms with E-state index in [2.05, 4.69) is 0 Å². The molecule has 0 aliphatic heterocycles. The number of aliphatic hydroxyl groups excluding tert-OH is 1. The molecule has 1 aromatic carbocycles. The van der Waals surface area contributed by atoms with Crippen molar-refractivity contribution in [2.45, 2.75) is 25.9 Å². The van der Waals surface area contributed by atoms with Crippen LogP contribution in [0.25, 0.3) is 11.0 Å². The second-order valence-electron chi connectivity index (χ2n) is 3.73. The molecule has 0 amide bonds. The number of hydrogen-bond acceptors (Lipinski definition) is 2. The van der Waals surface area contributed by atoms with Crippen LogP contribution in [-0.4, -0.2) is 5.11 Å². The molecule has 0 aliphatic rings. The average Bonchev–Trinajstić information content (AvgIpc) is 2.70. The van der Waals surface area contributed by atoms with Crippen molar-refractivity contribution in [1.82, 2.24) is 0 Å². The van der Waals surface area contributed by atoms with E-state index in [9.17, 15) is 5.11 Å². The maximum Gasteiger partial charge on any atom is 0.154 e. The maximum atomic E-state index is 9.82. The molecule has 0 aliphatic carbocycles. The van der Waals surface area contributed by atoms with Crippen molar-refractivity contribution < 1.29 is 9.52 Å². The molecular formula is C12H12Cl2O2. The van der Waals surface area contributed by atoms with Gasteiger partial charge >= 0.3 is 0 Å². The first kappa shape index (κ1) is 11.8. The normalized spacial score (nSPS) is 13.2. The Balaban J connectivity index is 2.51. The molecule has 0 saturated heterocycles. The highest BCUT2D eigenvalue weighted by Gasteiger charge is 2.15. The number of rotatable bonds is 3. The van der Waals surface area contributed by atoms with Gasteiger partial charge in [0.1, 0.15) is 11.9 Å². The predicted octanol–water partition coefficient (Wildman–Crippen LogP) is 4.57. The van der Waals surface area contributed by atoms with Crippen molar-refractivity contribution in [3.05, 3.63) is 34.0 Å². The van der Waals surface area contributed by atoms with Gasteiger partial charge in [0.15, 0.2) is 5.58 Å². The van der Waals surface area contributed by atoms with E-state index < -0.39 is 6.10 Å². The van der Waals surface area contributed by atoms with Gasteiger partial charge in [0.05, 0.1) is 10.0 Å². The Bertz CT molecular complexity index is 466. The summed E-state index contributed by atoms with van der Waals surface area (Å²) < 4.78 is 5.53. The van der Waals surface area contributed by atoms with Crippen LogP contribution in [0.2, 0.25) is 10.0 Å². The van der Waals surface area contributed by atoms with E-state index in [0.717, 1.165) is 11.8 Å². The molecule has 86 valence electrons. The fourth-order valence-corrected chi connectivity index (χ4v) is 2.06. The maximum absolute atomic E-state index is 9.82. The second kappa shape index (κ2) is 4.66. The van der Waals surface area contributed by atoms with Crippen LogP contribution in [0, 0.1) is 0 Å². The van der Waals surface area contributed by atoms with Gasteiger partial charge in [0.25, 0.3) is 0 Å². The Kier molecular flexibility index (Phi) is 3.43. The van der Waals surface area contributed by atoms with E-state index in [1.165, 1.54) is 0 Å². The van der Waals surface area contributed by atoms with E-state index in [0.29, 0.717) is 27.8 Å². The summed E-state index contributed by atoms with van der Waals surface area (Å²) in [6.45, 7) is 2.01. The Morgan fingerprint density at radius 1 is 1.31 bits per heavy atom. The SMILES string of the molecule is CCCC(O)c1cc2c(Cl)ccc(Cl)c2o1. The average molecular weight is 259 g/mol. The minimum Gasteiger partial charge on any atom is -0.457 e. The van der Waals surface area contributed by atoms with Crippen LogP contribution in [0.3, 0.4) is 0 Å². The Labute approximate surface area is 104 Å². The molecule has 0 saturated carbocycles. The van der Waals surface area contributed by atoms with Gasteiger partial charge in [-0.2, -0.15) is 0 Å². The summed E-state index contributed by atoms with van der Waals surface area (Å²) in [7, 11) is 0. The molecule has 0 fully saturated rings. The minimum absolute atomic E-state index is 0.509. The van der Waals surface area contributed by atoms with Crippen LogP contribution >= 0.6 is 23.2 Å². The third-order valence-corrected chi connectivity index (χ3v) is 3.12. The van der Waals surface area contributed by atoms with Crippen LogP contribution < -0.4 is 0 Å². The summed E-state index contributed by atoms with van der Waals surface area (Å²) >= 11 is 12.0. The van der Waals surface area contributed by atoms with Crippen LogP contribution in [-0.2, 0) is 0 Å². The van der Waals surface area contributed by atoms with Crippen molar-refractivity contribution in [2.75, 3.05) is 0 Å². The van der Waals surface area contributed by atoms with E-state index in [1.54, 1.807) is 18.2 Å². The standard InChI is InChI=1S/C12H12Cl2O2/c1-2-3-10(15)11-6-7-8(13)4-5-9(14)12(7)16-11/h4-6,10,15H,2-3H2,1H3. The van der Waals surface area contributed by atoms with Crippen LogP contribution in [0.5, 0.6) is 0 Å². The molecule has 2 nitrogen and oxygen atoms in total. The first-order valence-electron chi connectivity index (χ1n) is 5.19. The molecule has 1 atom stereocenters. The first-order valence-corrected chi connectivity index (χ1v) is 5.94. The highest BCUT2D eigenvalue weighted by molar-refractivity contribution is 6.39. The lowest BCUT2D eigenvalue weighted by molar-refractivity contribution is 0.141. The van der Waals surface area contributed by atoms with E-state index in [-0.39, 0.29) is 0 Å². The van der Waals surface area contributed by atoms with Gasteiger partial charge in [-0.3, -0.25) is 0 Å². The van der Waals surface area contributed by atoms with Crippen LogP contribution in [0.4, 0.5) is 0 Å². The highest BCUT2D eigenvalue weighted by atomic mass is 35.5. The number of benzene rings is 1. The molecule has 1 heterocycles. The lowest BCUT2D eigenvalue weighted by Gasteiger charge is -2.03. The van der Waals surface area contributed by atoms with Gasteiger partial charge in [-0.1, -0.05) is 36.5 Å². The minimum atomic E-state index is -0.593. The zero-order valence-corrected chi connectivity index (χ0v) is 10.3. The van der Waals surface area contributed by atoms with E-state index in [1.807, 2.05) is 6.92 Å². The van der Waals surface area contributed by atoms with Crippen molar-refractivity contribution in [3.8, 4) is 0 Å². The van der Waals surface area contributed by atoms with Crippen LogP contribution in [0.1, 0.15) is 31.6 Å². The quantitative estimate of drug-likeness (QED) is 0.875. The van der Waals surface area contributed by atoms with Gasteiger partial charge in [0, 0.05) is 5.39 Å². The summed E-state index contributed by atoms with van der Waals surface area (Å²) in [5.41, 5.74) is 0.541. The highest BCUT2D eigenvalue weighted by Crippen LogP contribution is 2.35. The molecule has 1 N–H and O–H groups in total. The zero-order valence-electron chi connectivity index (χ0n) is 8.84. The Morgan fingerprint density at radius 2 is 2.00 bits per heavy atom. The zero-order chi connectivity index (χ0) is 11.7. The Morgan fingerprint density at radius 3 is 2.62 bits per heavy atom. The number of furan rings is 1. The molecule has 0 spiro atoms. The van der Waals surface area contributed by atoms with Crippen molar-refractivity contribution in [2.24, 2.45) is 0 Å². The van der Waals surface area contributed by atoms with Gasteiger partial charge < -0.3 is 9.52 Å². The largest absolute Gasteiger partial charge is 0.457 e. The fraction of sp³-hybridized carbons (Fsp3) is 0.333. The van der Waals surface area contributed by atoms with Crippen LogP contribution in [0.15, 0.2) is 22.6 Å². The smallest absolute Gasteiger partial charge is 0.154 e. The van der Waals surface area contributed by atoms with Gasteiger partial charge in [-0.05, 0) is 24.6 Å². The number of fused-ring (bicyclic) bond motifs is 1. The summed E-state index contributed by atoms with van der Waals surface area (Å²) in [4.78, 5) is 0. The van der Waals surface area contributed by atoms with Crippen molar-refractivity contribution in [3.63, 3.8) is 0 Å². The monoisotopic (exact) mass is 258 g/mol. The lowest BCUT2D eigenvalue weighted by atomic mass is 10.1. The summed E-state index contributed by atoms with van der Waals surface area (Å²) in [6, 6.07) is 5.16. The molecule has 2 aromatic rings. The third-order valence-electron chi connectivity index (χ3n) is 2.49.